The van der Waals surface area contributed by atoms with Crippen LogP contribution in [0.4, 0.5) is 10.6 Å². The number of aliphatic hydroxyl groups is 1. The van der Waals surface area contributed by atoms with Crippen molar-refractivity contribution in [1.82, 2.24) is 4.98 Å². The second-order valence-electron chi connectivity index (χ2n) is 4.85. The number of carbonyl (C=O) groups is 1. The fourth-order valence-corrected chi connectivity index (χ4v) is 2.00. The van der Waals surface area contributed by atoms with Crippen LogP contribution in [0.1, 0.15) is 17.2 Å². The number of pyridine rings is 1. The van der Waals surface area contributed by atoms with Crippen LogP contribution in [0.25, 0.3) is 0 Å². The van der Waals surface area contributed by atoms with E-state index in [2.05, 4.69) is 28.7 Å². The molecule has 1 amide bonds. The Balaban J connectivity index is 0.000000705. The van der Waals surface area contributed by atoms with Crippen molar-refractivity contribution in [3.63, 3.8) is 0 Å². The number of aromatic nitrogens is 1. The van der Waals surface area contributed by atoms with Crippen molar-refractivity contribution in [1.29, 1.82) is 0 Å². The van der Waals surface area contributed by atoms with Crippen LogP contribution in [0, 0.1) is 6.92 Å². The number of aryl methyl sites for hydroxylation is 1. The molecule has 2 rings (SSSR count). The molecule has 0 saturated heterocycles. The Hall–Kier alpha value is -1.87. The van der Waals surface area contributed by atoms with Gasteiger partial charge in [-0.2, -0.15) is 0 Å². The minimum absolute atomic E-state index is 0.0723. The number of thiocarbonyl (C=S) groups is 1. The van der Waals surface area contributed by atoms with Gasteiger partial charge in [-0.3, -0.25) is 4.79 Å². The van der Waals surface area contributed by atoms with E-state index in [9.17, 15) is 5.11 Å². The molecule has 0 aliphatic carbocycles. The van der Waals surface area contributed by atoms with E-state index in [0.717, 1.165) is 11.1 Å². The number of nitrogens with one attached hydrogen (secondary N) is 1. The van der Waals surface area contributed by atoms with Crippen molar-refractivity contribution in [3.05, 3.63) is 58.7 Å². The molecule has 6 nitrogen and oxygen atoms in total. The van der Waals surface area contributed by atoms with Gasteiger partial charge in [0.25, 0.3) is 10.4 Å². The van der Waals surface area contributed by atoms with E-state index in [1.54, 1.807) is 12.1 Å². The van der Waals surface area contributed by atoms with Crippen molar-refractivity contribution in [2.24, 2.45) is 5.73 Å². The van der Waals surface area contributed by atoms with Gasteiger partial charge in [-0.15, -0.1) is 0 Å². The number of hydrogen-bond donors (Lipinski definition) is 4. The maximum atomic E-state index is 10.1. The lowest BCUT2D eigenvalue weighted by atomic mass is 10.1. The number of nitrogens with zero attached hydrogens (tertiary/aromatic N) is 1. The Labute approximate surface area is 161 Å². The number of ether oxygens (including phenoxy) is 1. The minimum atomic E-state index is -0.733. The number of carbonyl (C=O) groups excluding carboxylic acids is 1. The molecule has 0 spiro atoms. The zero-order valence-electron chi connectivity index (χ0n) is 13.3. The normalized spacial score (nSPS) is 10.9. The number of amides is 1. The summed E-state index contributed by atoms with van der Waals surface area (Å²) in [5.74, 6) is 0.537. The van der Waals surface area contributed by atoms with E-state index in [0.29, 0.717) is 10.8 Å². The van der Waals surface area contributed by atoms with E-state index in [1.807, 2.05) is 31.2 Å². The fraction of sp³-hybridized carbons (Fsp3) is 0.188. The smallest absolute Gasteiger partial charge is 0.273 e. The molecule has 0 aliphatic heterocycles. The molecule has 0 aliphatic rings. The Kier molecular flexibility index (Phi) is 9.22. The first kappa shape index (κ1) is 21.2. The van der Waals surface area contributed by atoms with Gasteiger partial charge in [-0.05, 0) is 36.8 Å². The third-order valence-corrected chi connectivity index (χ3v) is 3.20. The second kappa shape index (κ2) is 10.9. The summed E-state index contributed by atoms with van der Waals surface area (Å²) in [5, 5.41) is 12.9. The number of thiol groups is 1. The van der Waals surface area contributed by atoms with Gasteiger partial charge in [0.1, 0.15) is 18.5 Å². The third kappa shape index (κ3) is 9.25. The average molecular weight is 400 g/mol. The lowest BCUT2D eigenvalue weighted by Crippen LogP contribution is -2.18. The third-order valence-electron chi connectivity index (χ3n) is 2.76. The van der Waals surface area contributed by atoms with Crippen LogP contribution >= 0.6 is 36.4 Å². The molecular weight excluding hydrogens is 382 g/mol. The highest BCUT2D eigenvalue weighted by Gasteiger charge is 2.10. The molecule has 1 unspecified atom stereocenters. The molecule has 1 aromatic heterocycles. The van der Waals surface area contributed by atoms with Crippen molar-refractivity contribution in [2.75, 3.05) is 11.9 Å². The molecule has 4 N–H and O–H groups in total. The molecule has 0 fully saturated rings. The van der Waals surface area contributed by atoms with Gasteiger partial charge in [0.05, 0.1) is 5.02 Å². The molecule has 0 radical (unpaired) electrons. The van der Waals surface area contributed by atoms with Crippen LogP contribution in [-0.2, 0) is 4.74 Å². The highest BCUT2D eigenvalue weighted by Crippen LogP contribution is 2.15. The van der Waals surface area contributed by atoms with E-state index >= 15 is 0 Å². The Morgan fingerprint density at radius 3 is 2.72 bits per heavy atom. The summed E-state index contributed by atoms with van der Waals surface area (Å²) < 4.78 is 5.33. The lowest BCUT2D eigenvalue weighted by Gasteiger charge is -2.14. The zero-order valence-corrected chi connectivity index (χ0v) is 15.8. The summed E-state index contributed by atoms with van der Waals surface area (Å²) in [4.78, 5) is 13.1. The van der Waals surface area contributed by atoms with Crippen molar-refractivity contribution in [3.8, 4) is 0 Å². The summed E-state index contributed by atoms with van der Waals surface area (Å²) >= 11 is 13.9. The highest BCUT2D eigenvalue weighted by molar-refractivity contribution is 7.96. The fourth-order valence-electron chi connectivity index (χ4n) is 1.72. The first-order chi connectivity index (χ1) is 11.8. The van der Waals surface area contributed by atoms with Crippen LogP contribution in [0.3, 0.4) is 0 Å². The van der Waals surface area contributed by atoms with E-state index < -0.39 is 11.3 Å². The highest BCUT2D eigenvalue weighted by atomic mass is 35.5. The van der Waals surface area contributed by atoms with Gasteiger partial charge in [0.2, 0.25) is 0 Å². The molecule has 134 valence electrons. The average Bonchev–Trinajstić information content (AvgIpc) is 2.54. The van der Waals surface area contributed by atoms with Crippen molar-refractivity contribution in [2.45, 2.75) is 13.0 Å². The number of anilines is 1. The standard InChI is InChI=1S/C15H15ClN2O2S.CH3NOS/c1-10-3-2-4-11(7-10)13(19)9-20-15(21)18-14-6-5-12(16)8-17-14;2-1(3)4/h2-8,13,19H,9H2,1H3,(H,17,18,21);(H3,2,3,4). The van der Waals surface area contributed by atoms with Crippen LogP contribution in [0.15, 0.2) is 42.6 Å². The first-order valence-corrected chi connectivity index (χ1v) is 8.29. The summed E-state index contributed by atoms with van der Waals surface area (Å²) in [5.41, 5.74) is 6.21. The number of rotatable bonds is 4. The topological polar surface area (TPSA) is 97.5 Å². The quantitative estimate of drug-likeness (QED) is 0.464. The second-order valence-corrected chi connectivity index (χ2v) is 6.10. The Morgan fingerprint density at radius 1 is 1.48 bits per heavy atom. The Bertz CT molecular complexity index is 710. The molecule has 1 aromatic carbocycles. The molecule has 0 saturated carbocycles. The summed E-state index contributed by atoms with van der Waals surface area (Å²) in [7, 11) is 0. The first-order valence-electron chi connectivity index (χ1n) is 7.06. The van der Waals surface area contributed by atoms with Gasteiger partial charge in [-0.25, -0.2) is 4.98 Å². The maximum Gasteiger partial charge on any atom is 0.273 e. The SMILES string of the molecule is Cc1cccc(C(O)COC(=S)Nc2ccc(Cl)cn2)c1.NC(=O)S. The largest absolute Gasteiger partial charge is 0.468 e. The molecular formula is C16H18ClN3O3S2. The molecule has 2 aromatic rings. The maximum absolute atomic E-state index is 10.1. The predicted molar refractivity (Wildman–Crippen MR) is 106 cm³/mol. The van der Waals surface area contributed by atoms with Gasteiger partial charge in [-0.1, -0.05) is 54.1 Å². The van der Waals surface area contributed by atoms with Crippen molar-refractivity contribution >= 4 is 52.7 Å². The number of aliphatic hydroxyl groups excluding tert-OH is 1. The summed E-state index contributed by atoms with van der Waals surface area (Å²) in [6, 6.07) is 11.0. The number of benzene rings is 1. The number of halogens is 1. The molecule has 1 atom stereocenters. The van der Waals surface area contributed by atoms with Crippen LogP contribution in [0.5, 0.6) is 0 Å². The van der Waals surface area contributed by atoms with Gasteiger partial charge >= 0.3 is 0 Å². The summed E-state index contributed by atoms with van der Waals surface area (Å²) in [6.07, 6.45) is 0.775. The van der Waals surface area contributed by atoms with E-state index in [1.165, 1.54) is 6.20 Å². The van der Waals surface area contributed by atoms with E-state index in [-0.39, 0.29) is 11.8 Å². The zero-order chi connectivity index (χ0) is 18.8. The lowest BCUT2D eigenvalue weighted by molar-refractivity contribution is 0.104. The van der Waals surface area contributed by atoms with Gasteiger partial charge in [0, 0.05) is 6.20 Å². The molecule has 1 heterocycles. The number of hydrogen-bond acceptors (Lipinski definition) is 5. The number of primary amides is 1. The summed E-state index contributed by atoms with van der Waals surface area (Å²) in [6.45, 7) is 2.04. The predicted octanol–water partition coefficient (Wildman–Crippen LogP) is 3.49. The van der Waals surface area contributed by atoms with Gasteiger partial charge in [0.15, 0.2) is 0 Å². The van der Waals surface area contributed by atoms with Crippen LogP contribution in [-0.4, -0.2) is 27.1 Å². The minimum Gasteiger partial charge on any atom is -0.468 e. The van der Waals surface area contributed by atoms with Crippen LogP contribution in [0.2, 0.25) is 5.02 Å². The molecule has 9 heteroatoms. The molecule has 25 heavy (non-hydrogen) atoms. The van der Waals surface area contributed by atoms with E-state index in [4.69, 9.17) is 33.4 Å². The number of nitrogens with two attached hydrogens (primary N) is 1. The van der Waals surface area contributed by atoms with Gasteiger partial charge < -0.3 is 20.9 Å². The monoisotopic (exact) mass is 399 g/mol. The molecule has 0 bridgehead atoms. The van der Waals surface area contributed by atoms with Crippen LogP contribution < -0.4 is 11.1 Å². The van der Waals surface area contributed by atoms with Crippen molar-refractivity contribution < 1.29 is 14.6 Å². The Morgan fingerprint density at radius 2 is 2.16 bits per heavy atom.